The van der Waals surface area contributed by atoms with Crippen LogP contribution >= 0.6 is 11.8 Å². The normalized spacial score (nSPS) is 30.3. The molecule has 4 rings (SSSR count). The molecule has 6 atom stereocenters. The van der Waals surface area contributed by atoms with Crippen molar-refractivity contribution in [3.63, 3.8) is 0 Å². The Balaban J connectivity index is 1.81. The molecule has 206 valence electrons. The lowest BCUT2D eigenvalue weighted by Crippen LogP contribution is -2.58. The first kappa shape index (κ1) is 28.4. The minimum Gasteiger partial charge on any atom is -0.394 e. The standard InChI is InChI=1S/C30H41N3O4S/c1-7-16-31(6)26(35)23-24-27(36)33(22(19-34)20(3)4)25(30(24)15-14-29(23,5)38-30)28(37)32(17-8-2)18-21-12-10-9-11-13-21/h7-13,20,22-25,34H,1-2,14-19H2,3-6H3/t22-,23-,24-,25?,29+,30?/m0/s1. The number of carbonyl (C=O) groups is 3. The summed E-state index contributed by atoms with van der Waals surface area (Å²) in [6.07, 6.45) is 4.82. The van der Waals surface area contributed by atoms with E-state index in [1.54, 1.807) is 45.7 Å². The predicted octanol–water partition coefficient (Wildman–Crippen LogP) is 3.34. The summed E-state index contributed by atoms with van der Waals surface area (Å²) in [5.74, 6) is -1.62. The van der Waals surface area contributed by atoms with E-state index in [1.165, 1.54) is 0 Å². The maximum absolute atomic E-state index is 14.6. The Morgan fingerprint density at radius 2 is 1.82 bits per heavy atom. The van der Waals surface area contributed by atoms with E-state index in [2.05, 4.69) is 20.1 Å². The molecule has 1 aromatic carbocycles. The topological polar surface area (TPSA) is 81.2 Å². The fourth-order valence-electron chi connectivity index (χ4n) is 6.88. The van der Waals surface area contributed by atoms with Gasteiger partial charge in [0.2, 0.25) is 17.7 Å². The van der Waals surface area contributed by atoms with Gasteiger partial charge in [-0.25, -0.2) is 0 Å². The molecule has 3 saturated heterocycles. The van der Waals surface area contributed by atoms with Gasteiger partial charge in [-0.2, -0.15) is 0 Å². The van der Waals surface area contributed by atoms with Crippen molar-refractivity contribution in [2.24, 2.45) is 17.8 Å². The largest absolute Gasteiger partial charge is 0.394 e. The minimum atomic E-state index is -0.766. The van der Waals surface area contributed by atoms with Gasteiger partial charge in [0.05, 0.1) is 29.2 Å². The van der Waals surface area contributed by atoms with Crippen molar-refractivity contribution in [2.45, 2.75) is 61.7 Å². The number of likely N-dealkylation sites (N-methyl/N-ethyl adjacent to an activating group) is 1. The van der Waals surface area contributed by atoms with Crippen LogP contribution in [-0.2, 0) is 20.9 Å². The molecule has 0 saturated carbocycles. The number of benzene rings is 1. The Kier molecular flexibility index (Phi) is 8.15. The average Bonchev–Trinajstić information content (AvgIpc) is 3.45. The van der Waals surface area contributed by atoms with Crippen molar-refractivity contribution in [1.82, 2.24) is 14.7 Å². The van der Waals surface area contributed by atoms with Crippen LogP contribution in [0.1, 0.15) is 39.2 Å². The third kappa shape index (κ3) is 4.49. The maximum atomic E-state index is 14.6. The van der Waals surface area contributed by atoms with Crippen LogP contribution in [-0.4, -0.2) is 85.8 Å². The fourth-order valence-corrected chi connectivity index (χ4v) is 9.21. The molecule has 0 aromatic heterocycles. The minimum absolute atomic E-state index is 0.0631. The van der Waals surface area contributed by atoms with Gasteiger partial charge in [-0.05, 0) is 31.2 Å². The molecule has 3 aliphatic heterocycles. The van der Waals surface area contributed by atoms with Crippen molar-refractivity contribution in [2.75, 3.05) is 26.7 Å². The zero-order chi connectivity index (χ0) is 27.8. The summed E-state index contributed by atoms with van der Waals surface area (Å²) >= 11 is 1.66. The lowest BCUT2D eigenvalue weighted by molar-refractivity contribution is -0.148. The second-order valence-electron chi connectivity index (χ2n) is 11.5. The molecule has 7 nitrogen and oxygen atoms in total. The quantitative estimate of drug-likeness (QED) is 0.437. The number of hydrogen-bond donors (Lipinski definition) is 1. The number of nitrogens with zero attached hydrogens (tertiary/aromatic N) is 3. The third-order valence-corrected chi connectivity index (χ3v) is 10.7. The van der Waals surface area contributed by atoms with Gasteiger partial charge in [0.15, 0.2) is 0 Å². The molecule has 38 heavy (non-hydrogen) atoms. The monoisotopic (exact) mass is 539 g/mol. The van der Waals surface area contributed by atoms with E-state index in [1.807, 2.05) is 44.2 Å². The van der Waals surface area contributed by atoms with Gasteiger partial charge in [0.1, 0.15) is 6.04 Å². The second-order valence-corrected chi connectivity index (χ2v) is 13.4. The number of hydrogen-bond acceptors (Lipinski definition) is 5. The van der Waals surface area contributed by atoms with Crippen molar-refractivity contribution >= 4 is 29.5 Å². The highest BCUT2D eigenvalue weighted by Crippen LogP contribution is 2.72. The molecule has 2 unspecified atom stereocenters. The highest BCUT2D eigenvalue weighted by atomic mass is 32.2. The number of thioether (sulfide) groups is 1. The van der Waals surface area contributed by atoms with Gasteiger partial charge in [-0.3, -0.25) is 14.4 Å². The van der Waals surface area contributed by atoms with Crippen LogP contribution in [0.2, 0.25) is 0 Å². The van der Waals surface area contributed by atoms with Crippen LogP contribution in [0.3, 0.4) is 0 Å². The van der Waals surface area contributed by atoms with Crippen LogP contribution < -0.4 is 0 Å². The number of likely N-dealkylation sites (tertiary alicyclic amines) is 1. The maximum Gasteiger partial charge on any atom is 0.247 e. The van der Waals surface area contributed by atoms with E-state index < -0.39 is 33.4 Å². The molecular formula is C30H41N3O4S. The summed E-state index contributed by atoms with van der Waals surface area (Å²) in [5.41, 5.74) is 0.990. The number of carbonyl (C=O) groups excluding carboxylic acids is 3. The first-order chi connectivity index (χ1) is 18.1. The average molecular weight is 540 g/mol. The molecule has 8 heteroatoms. The van der Waals surface area contributed by atoms with Crippen LogP contribution in [0.25, 0.3) is 0 Å². The molecule has 2 bridgehead atoms. The smallest absolute Gasteiger partial charge is 0.247 e. The van der Waals surface area contributed by atoms with Crippen molar-refractivity contribution in [3.05, 3.63) is 61.2 Å². The van der Waals surface area contributed by atoms with Crippen molar-refractivity contribution in [1.29, 1.82) is 0 Å². The molecule has 1 N–H and O–H groups in total. The second kappa shape index (κ2) is 10.9. The number of aliphatic hydroxyl groups excluding tert-OH is 1. The van der Waals surface area contributed by atoms with E-state index in [0.717, 1.165) is 12.0 Å². The molecule has 0 radical (unpaired) electrons. The van der Waals surface area contributed by atoms with E-state index in [-0.39, 0.29) is 30.2 Å². The summed E-state index contributed by atoms with van der Waals surface area (Å²) in [6.45, 7) is 14.5. The summed E-state index contributed by atoms with van der Waals surface area (Å²) in [7, 11) is 1.74. The molecule has 3 amide bonds. The lowest BCUT2D eigenvalue weighted by atomic mass is 9.66. The predicted molar refractivity (Wildman–Crippen MR) is 151 cm³/mol. The molecule has 0 aliphatic carbocycles. The van der Waals surface area contributed by atoms with Gasteiger partial charge in [-0.15, -0.1) is 24.9 Å². The van der Waals surface area contributed by atoms with Crippen LogP contribution in [0, 0.1) is 17.8 Å². The summed E-state index contributed by atoms with van der Waals surface area (Å²) in [6, 6.07) is 8.50. The summed E-state index contributed by atoms with van der Waals surface area (Å²) in [5, 5.41) is 10.4. The van der Waals surface area contributed by atoms with E-state index in [4.69, 9.17) is 0 Å². The Labute approximate surface area is 230 Å². The van der Waals surface area contributed by atoms with Crippen molar-refractivity contribution < 1.29 is 19.5 Å². The lowest BCUT2D eigenvalue weighted by Gasteiger charge is -2.40. The van der Waals surface area contributed by atoms with Crippen LogP contribution in [0.15, 0.2) is 55.6 Å². The van der Waals surface area contributed by atoms with E-state index >= 15 is 0 Å². The van der Waals surface area contributed by atoms with Gasteiger partial charge in [-0.1, -0.05) is 56.3 Å². The Hall–Kier alpha value is -2.58. The summed E-state index contributed by atoms with van der Waals surface area (Å²) in [4.78, 5) is 47.8. The highest BCUT2D eigenvalue weighted by molar-refractivity contribution is 8.02. The molecular weight excluding hydrogens is 498 g/mol. The van der Waals surface area contributed by atoms with Crippen LogP contribution in [0.5, 0.6) is 0 Å². The molecule has 3 fully saturated rings. The van der Waals surface area contributed by atoms with Gasteiger partial charge in [0, 0.05) is 31.4 Å². The Morgan fingerprint density at radius 1 is 1.16 bits per heavy atom. The summed E-state index contributed by atoms with van der Waals surface area (Å²) < 4.78 is -1.16. The first-order valence-electron chi connectivity index (χ1n) is 13.5. The van der Waals surface area contributed by atoms with Gasteiger partial charge >= 0.3 is 0 Å². The highest BCUT2D eigenvalue weighted by Gasteiger charge is 2.78. The van der Waals surface area contributed by atoms with E-state index in [0.29, 0.717) is 26.1 Å². The van der Waals surface area contributed by atoms with E-state index in [9.17, 15) is 19.5 Å². The van der Waals surface area contributed by atoms with Crippen LogP contribution in [0.4, 0.5) is 0 Å². The van der Waals surface area contributed by atoms with Gasteiger partial charge in [0.25, 0.3) is 0 Å². The third-order valence-electron chi connectivity index (χ3n) is 8.68. The number of rotatable bonds is 11. The first-order valence-corrected chi connectivity index (χ1v) is 14.3. The Morgan fingerprint density at radius 3 is 2.39 bits per heavy atom. The molecule has 1 spiro atoms. The zero-order valence-corrected chi connectivity index (χ0v) is 23.8. The molecule has 3 aliphatic rings. The molecule has 3 heterocycles. The zero-order valence-electron chi connectivity index (χ0n) is 23.0. The SMILES string of the molecule is C=CCN(C)C(=O)[C@@H]1[C@H]2C(=O)N([C@@H](CO)C(C)C)C(C(=O)N(CC=C)Cc3ccccc3)C23CC[C@@]1(C)S3. The number of fused-ring (bicyclic) bond motifs is 1. The number of amides is 3. The van der Waals surface area contributed by atoms with Crippen molar-refractivity contribution in [3.8, 4) is 0 Å². The Bertz CT molecular complexity index is 1090. The fraction of sp³-hybridized carbons (Fsp3) is 0.567. The molecule has 1 aromatic rings. The van der Waals surface area contributed by atoms with Gasteiger partial charge < -0.3 is 19.8 Å². The number of aliphatic hydroxyl groups is 1.